The van der Waals surface area contributed by atoms with Gasteiger partial charge >= 0.3 is 0 Å². The molecule has 0 aromatic carbocycles. The molecule has 1 aliphatic rings. The van der Waals surface area contributed by atoms with Gasteiger partial charge in [0.15, 0.2) is 0 Å². The van der Waals surface area contributed by atoms with Crippen molar-refractivity contribution >= 4 is 15.9 Å². The molecule has 0 aliphatic carbocycles. The third-order valence-electron chi connectivity index (χ3n) is 3.28. The second kappa shape index (κ2) is 7.67. The number of halogens is 1. The van der Waals surface area contributed by atoms with Crippen molar-refractivity contribution in [1.82, 2.24) is 4.90 Å². The fourth-order valence-electron chi connectivity index (χ4n) is 2.15. The number of piperidine rings is 1. The maximum atomic E-state index is 5.62. The van der Waals surface area contributed by atoms with Gasteiger partial charge in [-0.25, -0.2) is 0 Å². The SMILES string of the molecule is CC(C)COCCN1CCC(C(C)Br)CC1. The van der Waals surface area contributed by atoms with Crippen LogP contribution in [0.15, 0.2) is 0 Å². The smallest absolute Gasteiger partial charge is 0.0593 e. The fraction of sp³-hybridized carbons (Fsp3) is 1.00. The van der Waals surface area contributed by atoms with E-state index < -0.39 is 0 Å². The Hall–Kier alpha value is 0.400. The molecule has 1 fully saturated rings. The normalized spacial score (nSPS) is 21.6. The van der Waals surface area contributed by atoms with Crippen molar-refractivity contribution in [1.29, 1.82) is 0 Å². The molecule has 0 aromatic heterocycles. The van der Waals surface area contributed by atoms with E-state index in [9.17, 15) is 0 Å². The van der Waals surface area contributed by atoms with Crippen molar-refractivity contribution in [2.75, 3.05) is 32.8 Å². The zero-order valence-electron chi connectivity index (χ0n) is 10.9. The van der Waals surface area contributed by atoms with Gasteiger partial charge in [-0.2, -0.15) is 0 Å². The summed E-state index contributed by atoms with van der Waals surface area (Å²) in [4.78, 5) is 3.21. The average Bonchev–Trinajstić information content (AvgIpc) is 2.25. The summed E-state index contributed by atoms with van der Waals surface area (Å²) >= 11 is 3.69. The Morgan fingerprint density at radius 3 is 2.38 bits per heavy atom. The maximum Gasteiger partial charge on any atom is 0.0593 e. The standard InChI is InChI=1S/C13H26BrNO/c1-11(2)10-16-9-8-15-6-4-13(5-7-15)12(3)14/h11-13H,4-10H2,1-3H3. The van der Waals surface area contributed by atoms with Crippen LogP contribution in [0.4, 0.5) is 0 Å². The third-order valence-corrected chi connectivity index (χ3v) is 4.03. The van der Waals surface area contributed by atoms with Crippen LogP contribution in [-0.4, -0.2) is 42.6 Å². The molecule has 1 heterocycles. The first kappa shape index (κ1) is 14.5. The van der Waals surface area contributed by atoms with Gasteiger partial charge in [-0.3, -0.25) is 0 Å². The summed E-state index contributed by atoms with van der Waals surface area (Å²) in [5.41, 5.74) is 0. The summed E-state index contributed by atoms with van der Waals surface area (Å²) in [6, 6.07) is 0. The van der Waals surface area contributed by atoms with Gasteiger partial charge in [-0.15, -0.1) is 0 Å². The Morgan fingerprint density at radius 2 is 1.88 bits per heavy atom. The zero-order valence-corrected chi connectivity index (χ0v) is 12.5. The monoisotopic (exact) mass is 291 g/mol. The second-order valence-electron chi connectivity index (χ2n) is 5.33. The van der Waals surface area contributed by atoms with Gasteiger partial charge in [0, 0.05) is 18.0 Å². The average molecular weight is 292 g/mol. The van der Waals surface area contributed by atoms with E-state index in [-0.39, 0.29) is 0 Å². The fourth-order valence-corrected chi connectivity index (χ4v) is 2.68. The Balaban J connectivity index is 2.04. The van der Waals surface area contributed by atoms with Crippen LogP contribution in [0, 0.1) is 11.8 Å². The summed E-state index contributed by atoms with van der Waals surface area (Å²) in [7, 11) is 0. The van der Waals surface area contributed by atoms with Crippen LogP contribution in [0.25, 0.3) is 0 Å². The molecule has 1 rings (SSSR count). The number of rotatable bonds is 6. The molecule has 1 unspecified atom stereocenters. The van der Waals surface area contributed by atoms with E-state index in [4.69, 9.17) is 4.74 Å². The van der Waals surface area contributed by atoms with E-state index in [1.165, 1.54) is 25.9 Å². The highest BCUT2D eigenvalue weighted by Gasteiger charge is 2.21. The Labute approximate surface area is 109 Å². The molecular formula is C13H26BrNO. The molecule has 0 saturated carbocycles. The van der Waals surface area contributed by atoms with E-state index in [1.807, 2.05) is 0 Å². The first-order valence-electron chi connectivity index (χ1n) is 6.53. The quantitative estimate of drug-likeness (QED) is 0.551. The molecule has 0 N–H and O–H groups in total. The van der Waals surface area contributed by atoms with E-state index >= 15 is 0 Å². The Kier molecular flexibility index (Phi) is 6.94. The van der Waals surface area contributed by atoms with Crippen molar-refractivity contribution in [2.24, 2.45) is 11.8 Å². The minimum absolute atomic E-state index is 0.653. The number of nitrogens with zero attached hydrogens (tertiary/aromatic N) is 1. The van der Waals surface area contributed by atoms with Gasteiger partial charge in [-0.05, 0) is 37.8 Å². The first-order valence-corrected chi connectivity index (χ1v) is 7.45. The number of hydrogen-bond donors (Lipinski definition) is 0. The molecule has 1 aliphatic heterocycles. The molecule has 0 bridgehead atoms. The van der Waals surface area contributed by atoms with Crippen LogP contribution in [0.2, 0.25) is 0 Å². The van der Waals surface area contributed by atoms with Crippen molar-refractivity contribution in [2.45, 2.75) is 38.4 Å². The number of ether oxygens (including phenoxy) is 1. The van der Waals surface area contributed by atoms with Crippen molar-refractivity contribution < 1.29 is 4.74 Å². The molecule has 3 heteroatoms. The highest BCUT2D eigenvalue weighted by Crippen LogP contribution is 2.24. The topological polar surface area (TPSA) is 12.5 Å². The Morgan fingerprint density at radius 1 is 1.25 bits per heavy atom. The van der Waals surface area contributed by atoms with Crippen LogP contribution in [0.3, 0.4) is 0 Å². The zero-order chi connectivity index (χ0) is 12.0. The molecular weight excluding hydrogens is 266 g/mol. The lowest BCUT2D eigenvalue weighted by atomic mass is 9.94. The lowest BCUT2D eigenvalue weighted by Crippen LogP contribution is -2.37. The number of alkyl halides is 1. The van der Waals surface area contributed by atoms with E-state index in [0.717, 1.165) is 25.7 Å². The van der Waals surface area contributed by atoms with Crippen LogP contribution >= 0.6 is 15.9 Å². The third kappa shape index (κ3) is 5.65. The Bertz CT molecular complexity index is 177. The summed E-state index contributed by atoms with van der Waals surface area (Å²) < 4.78 is 5.62. The molecule has 16 heavy (non-hydrogen) atoms. The van der Waals surface area contributed by atoms with Gasteiger partial charge in [-0.1, -0.05) is 36.7 Å². The molecule has 0 aromatic rings. The number of likely N-dealkylation sites (tertiary alicyclic amines) is 1. The van der Waals surface area contributed by atoms with Crippen LogP contribution in [-0.2, 0) is 4.74 Å². The van der Waals surface area contributed by atoms with Crippen LogP contribution in [0.1, 0.15) is 33.6 Å². The predicted octanol–water partition coefficient (Wildman–Crippen LogP) is 3.15. The van der Waals surface area contributed by atoms with Crippen molar-refractivity contribution in [3.8, 4) is 0 Å². The molecule has 1 saturated heterocycles. The van der Waals surface area contributed by atoms with Crippen molar-refractivity contribution in [3.05, 3.63) is 0 Å². The van der Waals surface area contributed by atoms with E-state index in [0.29, 0.717) is 10.7 Å². The van der Waals surface area contributed by atoms with Gasteiger partial charge < -0.3 is 9.64 Å². The highest BCUT2D eigenvalue weighted by atomic mass is 79.9. The molecule has 0 spiro atoms. The molecule has 96 valence electrons. The predicted molar refractivity (Wildman–Crippen MR) is 73.2 cm³/mol. The van der Waals surface area contributed by atoms with Gasteiger partial charge in [0.2, 0.25) is 0 Å². The lowest BCUT2D eigenvalue weighted by molar-refractivity contribution is 0.0741. The summed E-state index contributed by atoms with van der Waals surface area (Å²) in [6.45, 7) is 12.0. The van der Waals surface area contributed by atoms with E-state index in [2.05, 4.69) is 41.6 Å². The molecule has 2 nitrogen and oxygen atoms in total. The molecule has 1 atom stereocenters. The first-order chi connectivity index (χ1) is 7.59. The largest absolute Gasteiger partial charge is 0.380 e. The summed E-state index contributed by atoms with van der Waals surface area (Å²) in [6.07, 6.45) is 2.66. The lowest BCUT2D eigenvalue weighted by Gasteiger charge is -2.33. The second-order valence-corrected chi connectivity index (χ2v) is 6.77. The van der Waals surface area contributed by atoms with Gasteiger partial charge in [0.05, 0.1) is 6.61 Å². The van der Waals surface area contributed by atoms with Crippen LogP contribution in [0.5, 0.6) is 0 Å². The van der Waals surface area contributed by atoms with Crippen LogP contribution < -0.4 is 0 Å². The van der Waals surface area contributed by atoms with Gasteiger partial charge in [0.25, 0.3) is 0 Å². The summed E-state index contributed by atoms with van der Waals surface area (Å²) in [5, 5.41) is 0. The van der Waals surface area contributed by atoms with E-state index in [1.54, 1.807) is 0 Å². The molecule has 0 amide bonds. The number of hydrogen-bond acceptors (Lipinski definition) is 2. The maximum absolute atomic E-state index is 5.62. The molecule has 0 radical (unpaired) electrons. The highest BCUT2D eigenvalue weighted by molar-refractivity contribution is 9.09. The summed E-state index contributed by atoms with van der Waals surface area (Å²) in [5.74, 6) is 1.52. The van der Waals surface area contributed by atoms with Gasteiger partial charge in [0.1, 0.15) is 0 Å². The minimum Gasteiger partial charge on any atom is -0.380 e. The minimum atomic E-state index is 0.653. The van der Waals surface area contributed by atoms with Crippen molar-refractivity contribution in [3.63, 3.8) is 0 Å².